The van der Waals surface area contributed by atoms with Crippen LogP contribution in [0.1, 0.15) is 13.8 Å². The minimum Gasteiger partial charge on any atom is -0.404 e. The summed E-state index contributed by atoms with van der Waals surface area (Å²) in [5.41, 5.74) is 10.6. The molecular formula is C6H12N2O. The average molecular weight is 128 g/mol. The Balaban J connectivity index is 4.19. The fourth-order valence-corrected chi connectivity index (χ4v) is 0.559. The van der Waals surface area contributed by atoms with Gasteiger partial charge in [0.05, 0.1) is 0 Å². The highest BCUT2D eigenvalue weighted by Crippen LogP contribution is 2.05. The van der Waals surface area contributed by atoms with Gasteiger partial charge in [-0.2, -0.15) is 0 Å². The summed E-state index contributed by atoms with van der Waals surface area (Å²) < 4.78 is 0. The van der Waals surface area contributed by atoms with Crippen molar-refractivity contribution in [2.75, 3.05) is 0 Å². The molecule has 52 valence electrons. The zero-order chi connectivity index (χ0) is 7.44. The van der Waals surface area contributed by atoms with Crippen molar-refractivity contribution in [2.24, 2.45) is 17.4 Å². The van der Waals surface area contributed by atoms with Gasteiger partial charge in [-0.3, -0.25) is 4.79 Å². The minimum absolute atomic E-state index is 0.118. The summed E-state index contributed by atoms with van der Waals surface area (Å²) in [4.78, 5) is 10.4. The van der Waals surface area contributed by atoms with Crippen LogP contribution in [0.25, 0.3) is 0 Å². The van der Waals surface area contributed by atoms with Crippen molar-refractivity contribution in [3.63, 3.8) is 0 Å². The molecule has 0 heterocycles. The molecule has 0 radical (unpaired) electrons. The maximum atomic E-state index is 10.4. The Kier molecular flexibility index (Phi) is 2.78. The molecule has 3 nitrogen and oxygen atoms in total. The van der Waals surface area contributed by atoms with E-state index in [1.165, 1.54) is 6.20 Å². The maximum absolute atomic E-state index is 10.4. The topological polar surface area (TPSA) is 69.1 Å². The molecule has 0 spiro atoms. The van der Waals surface area contributed by atoms with Gasteiger partial charge >= 0.3 is 0 Å². The molecule has 0 aliphatic carbocycles. The van der Waals surface area contributed by atoms with E-state index in [4.69, 9.17) is 11.5 Å². The summed E-state index contributed by atoms with van der Waals surface area (Å²) in [7, 11) is 0. The van der Waals surface area contributed by atoms with Crippen LogP contribution in [-0.2, 0) is 4.79 Å². The largest absolute Gasteiger partial charge is 0.404 e. The molecule has 0 unspecified atom stereocenters. The highest BCUT2D eigenvalue weighted by molar-refractivity contribution is 5.92. The summed E-state index contributed by atoms with van der Waals surface area (Å²) in [5, 5.41) is 0. The van der Waals surface area contributed by atoms with Crippen LogP contribution < -0.4 is 11.5 Å². The van der Waals surface area contributed by atoms with Gasteiger partial charge in [-0.15, -0.1) is 0 Å². The monoisotopic (exact) mass is 128 g/mol. The quantitative estimate of drug-likeness (QED) is 0.513. The van der Waals surface area contributed by atoms with Gasteiger partial charge in [0.1, 0.15) is 0 Å². The normalized spacial score (nSPS) is 12.1. The second kappa shape index (κ2) is 3.12. The lowest BCUT2D eigenvalue weighted by Gasteiger charge is -2.03. The molecule has 0 fully saturated rings. The van der Waals surface area contributed by atoms with E-state index in [1.807, 2.05) is 13.8 Å². The lowest BCUT2D eigenvalue weighted by atomic mass is 10.0. The Morgan fingerprint density at radius 1 is 1.56 bits per heavy atom. The molecule has 1 amide bonds. The van der Waals surface area contributed by atoms with Crippen LogP contribution in [0.3, 0.4) is 0 Å². The fraction of sp³-hybridized carbons (Fsp3) is 0.500. The zero-order valence-corrected chi connectivity index (χ0v) is 5.72. The fourth-order valence-electron chi connectivity index (χ4n) is 0.559. The van der Waals surface area contributed by atoms with Crippen LogP contribution >= 0.6 is 0 Å². The number of primary amides is 1. The number of hydrogen-bond donors (Lipinski definition) is 2. The third kappa shape index (κ3) is 2.17. The minimum atomic E-state index is -0.437. The lowest BCUT2D eigenvalue weighted by molar-refractivity contribution is -0.115. The second-order valence-electron chi connectivity index (χ2n) is 2.14. The van der Waals surface area contributed by atoms with Gasteiger partial charge in [-0.05, 0) is 5.92 Å². The van der Waals surface area contributed by atoms with E-state index in [9.17, 15) is 4.79 Å². The van der Waals surface area contributed by atoms with Crippen LogP contribution in [0.4, 0.5) is 0 Å². The van der Waals surface area contributed by atoms with E-state index >= 15 is 0 Å². The molecule has 0 aromatic heterocycles. The number of carbonyl (C=O) groups is 1. The Hall–Kier alpha value is -0.990. The molecule has 0 saturated carbocycles. The van der Waals surface area contributed by atoms with Crippen LogP contribution in [0.5, 0.6) is 0 Å². The Bertz CT molecular complexity index is 138. The van der Waals surface area contributed by atoms with Crippen LogP contribution in [0, 0.1) is 5.92 Å². The van der Waals surface area contributed by atoms with Gasteiger partial charge < -0.3 is 11.5 Å². The molecule has 0 rings (SSSR count). The molecule has 9 heavy (non-hydrogen) atoms. The number of hydrogen-bond acceptors (Lipinski definition) is 2. The standard InChI is InChI=1S/C6H12N2O/c1-4(2)5(3-7)6(8)9/h3-4H,7H2,1-2H3,(H2,8,9). The first-order valence-electron chi connectivity index (χ1n) is 2.81. The number of amides is 1. The Morgan fingerprint density at radius 3 is 2.00 bits per heavy atom. The predicted molar refractivity (Wildman–Crippen MR) is 36.3 cm³/mol. The first kappa shape index (κ1) is 8.01. The predicted octanol–water partition coefficient (Wildman–Crippen LogP) is -0.0297. The van der Waals surface area contributed by atoms with Crippen molar-refractivity contribution in [2.45, 2.75) is 13.8 Å². The Morgan fingerprint density at radius 2 is 2.00 bits per heavy atom. The van der Waals surface area contributed by atoms with E-state index < -0.39 is 5.91 Å². The van der Waals surface area contributed by atoms with Gasteiger partial charge in [-0.1, -0.05) is 13.8 Å². The molecular weight excluding hydrogens is 116 g/mol. The van der Waals surface area contributed by atoms with Crippen LogP contribution in [0.2, 0.25) is 0 Å². The van der Waals surface area contributed by atoms with E-state index in [0.717, 1.165) is 0 Å². The van der Waals surface area contributed by atoms with Gasteiger partial charge in [0.15, 0.2) is 0 Å². The molecule has 0 bridgehead atoms. The van der Waals surface area contributed by atoms with Crippen molar-refractivity contribution in [1.29, 1.82) is 0 Å². The molecule has 0 aromatic rings. The first-order chi connectivity index (χ1) is 4.09. The average Bonchev–Trinajstić information content (AvgIpc) is 1.64. The summed E-state index contributed by atoms with van der Waals surface area (Å²) in [6.07, 6.45) is 1.26. The zero-order valence-electron chi connectivity index (χ0n) is 5.72. The Labute approximate surface area is 54.7 Å². The highest BCUT2D eigenvalue weighted by atomic mass is 16.1. The van der Waals surface area contributed by atoms with E-state index in [0.29, 0.717) is 5.57 Å². The van der Waals surface area contributed by atoms with E-state index in [1.54, 1.807) is 0 Å². The van der Waals surface area contributed by atoms with Gasteiger partial charge in [0.2, 0.25) is 5.91 Å². The smallest absolute Gasteiger partial charge is 0.246 e. The van der Waals surface area contributed by atoms with Gasteiger partial charge in [0, 0.05) is 11.8 Å². The third-order valence-corrected chi connectivity index (χ3v) is 1.09. The van der Waals surface area contributed by atoms with Crippen molar-refractivity contribution in [3.8, 4) is 0 Å². The second-order valence-corrected chi connectivity index (χ2v) is 2.14. The summed E-state index contributed by atoms with van der Waals surface area (Å²) >= 11 is 0. The number of rotatable bonds is 2. The summed E-state index contributed by atoms with van der Waals surface area (Å²) in [6, 6.07) is 0. The van der Waals surface area contributed by atoms with E-state index in [2.05, 4.69) is 0 Å². The molecule has 0 saturated heterocycles. The lowest BCUT2D eigenvalue weighted by Crippen LogP contribution is -2.18. The highest BCUT2D eigenvalue weighted by Gasteiger charge is 2.07. The van der Waals surface area contributed by atoms with Crippen molar-refractivity contribution in [1.82, 2.24) is 0 Å². The van der Waals surface area contributed by atoms with Crippen LogP contribution in [0.15, 0.2) is 11.8 Å². The summed E-state index contributed by atoms with van der Waals surface area (Å²) in [5.74, 6) is -0.319. The molecule has 0 aliphatic heterocycles. The first-order valence-corrected chi connectivity index (χ1v) is 2.81. The van der Waals surface area contributed by atoms with Gasteiger partial charge in [-0.25, -0.2) is 0 Å². The van der Waals surface area contributed by atoms with Crippen LogP contribution in [-0.4, -0.2) is 5.91 Å². The molecule has 3 heteroatoms. The molecule has 0 aromatic carbocycles. The third-order valence-electron chi connectivity index (χ3n) is 1.09. The van der Waals surface area contributed by atoms with E-state index in [-0.39, 0.29) is 5.92 Å². The molecule has 4 N–H and O–H groups in total. The number of nitrogens with two attached hydrogens (primary N) is 2. The van der Waals surface area contributed by atoms with Crippen molar-refractivity contribution < 1.29 is 4.79 Å². The molecule has 0 aliphatic rings. The maximum Gasteiger partial charge on any atom is 0.246 e. The summed E-state index contributed by atoms with van der Waals surface area (Å²) in [6.45, 7) is 3.73. The molecule has 0 atom stereocenters. The van der Waals surface area contributed by atoms with Crippen molar-refractivity contribution in [3.05, 3.63) is 11.8 Å². The van der Waals surface area contributed by atoms with Crippen molar-refractivity contribution >= 4 is 5.91 Å². The van der Waals surface area contributed by atoms with Gasteiger partial charge in [0.25, 0.3) is 0 Å². The SMILES string of the molecule is CC(C)C(=CN)C(N)=O. The number of carbonyl (C=O) groups excluding carboxylic acids is 1.